The van der Waals surface area contributed by atoms with E-state index >= 15 is 0 Å². The fourth-order valence-electron chi connectivity index (χ4n) is 1.59. The molecule has 1 aromatic heterocycles. The van der Waals surface area contributed by atoms with Gasteiger partial charge in [-0.05, 0) is 44.0 Å². The molecule has 0 aliphatic heterocycles. The molecule has 15 heavy (non-hydrogen) atoms. The summed E-state index contributed by atoms with van der Waals surface area (Å²) in [6.45, 7) is 6.71. The second kappa shape index (κ2) is 7.26. The Balaban J connectivity index is 2.33. The van der Waals surface area contributed by atoms with Crippen LogP contribution in [0.1, 0.15) is 31.6 Å². The van der Waals surface area contributed by atoms with E-state index in [0.29, 0.717) is 0 Å². The van der Waals surface area contributed by atoms with E-state index < -0.39 is 0 Å². The minimum atomic E-state index is 0.742. The molecular formula is C12H20ClNS. The van der Waals surface area contributed by atoms with Gasteiger partial charge in [0, 0.05) is 4.88 Å². The molecule has 1 unspecified atom stereocenters. The average Bonchev–Trinajstić information content (AvgIpc) is 2.63. The first-order chi connectivity index (χ1) is 7.26. The van der Waals surface area contributed by atoms with E-state index in [0.717, 1.165) is 29.8 Å². The summed E-state index contributed by atoms with van der Waals surface area (Å²) in [6.07, 6.45) is 3.60. The molecule has 3 heteroatoms. The summed E-state index contributed by atoms with van der Waals surface area (Å²) >= 11 is 7.63. The number of halogens is 1. The van der Waals surface area contributed by atoms with Crippen LogP contribution in [0.5, 0.6) is 0 Å². The quantitative estimate of drug-likeness (QED) is 0.717. The number of hydrogen-bond acceptors (Lipinski definition) is 2. The molecule has 0 aliphatic carbocycles. The molecule has 86 valence electrons. The van der Waals surface area contributed by atoms with Gasteiger partial charge < -0.3 is 5.32 Å². The largest absolute Gasteiger partial charge is 0.316 e. The van der Waals surface area contributed by atoms with Gasteiger partial charge in [-0.15, -0.1) is 11.3 Å². The van der Waals surface area contributed by atoms with Crippen molar-refractivity contribution in [3.63, 3.8) is 0 Å². The van der Waals surface area contributed by atoms with E-state index in [-0.39, 0.29) is 0 Å². The molecule has 0 spiro atoms. The summed E-state index contributed by atoms with van der Waals surface area (Å²) in [6, 6.07) is 4.14. The molecule has 0 bridgehead atoms. The van der Waals surface area contributed by atoms with Gasteiger partial charge in [-0.2, -0.15) is 0 Å². The fourth-order valence-corrected chi connectivity index (χ4v) is 2.79. The maximum Gasteiger partial charge on any atom is 0.0931 e. The van der Waals surface area contributed by atoms with Gasteiger partial charge in [-0.1, -0.05) is 31.9 Å². The number of hydrogen-bond donors (Lipinski definition) is 1. The molecule has 0 saturated heterocycles. The first-order valence-corrected chi connectivity index (χ1v) is 6.90. The van der Waals surface area contributed by atoms with Crippen LogP contribution in [0.4, 0.5) is 0 Å². The first kappa shape index (κ1) is 13.0. The third-order valence-corrected chi connectivity index (χ3v) is 3.81. The number of nitrogens with one attached hydrogen (secondary N) is 1. The van der Waals surface area contributed by atoms with Crippen LogP contribution in [0.2, 0.25) is 4.34 Å². The highest BCUT2D eigenvalue weighted by molar-refractivity contribution is 7.16. The Kier molecular flexibility index (Phi) is 6.30. The summed E-state index contributed by atoms with van der Waals surface area (Å²) in [4.78, 5) is 1.41. The average molecular weight is 246 g/mol. The van der Waals surface area contributed by atoms with Crippen LogP contribution >= 0.6 is 22.9 Å². The van der Waals surface area contributed by atoms with Gasteiger partial charge in [0.1, 0.15) is 0 Å². The smallest absolute Gasteiger partial charge is 0.0931 e. The van der Waals surface area contributed by atoms with E-state index in [4.69, 9.17) is 11.6 Å². The van der Waals surface area contributed by atoms with E-state index in [1.807, 2.05) is 6.07 Å². The predicted octanol–water partition coefficient (Wildman–Crippen LogP) is 3.97. The molecule has 0 aromatic carbocycles. The molecule has 1 rings (SSSR count). The maximum absolute atomic E-state index is 5.92. The van der Waals surface area contributed by atoms with E-state index in [1.54, 1.807) is 11.3 Å². The third-order valence-electron chi connectivity index (χ3n) is 2.56. The summed E-state index contributed by atoms with van der Waals surface area (Å²) in [5, 5.41) is 3.48. The molecule has 1 heterocycles. The minimum absolute atomic E-state index is 0.742. The molecule has 1 N–H and O–H groups in total. The van der Waals surface area contributed by atoms with Gasteiger partial charge in [-0.25, -0.2) is 0 Å². The Morgan fingerprint density at radius 3 is 2.73 bits per heavy atom. The van der Waals surface area contributed by atoms with Gasteiger partial charge in [0.05, 0.1) is 4.34 Å². The van der Waals surface area contributed by atoms with Crippen molar-refractivity contribution >= 4 is 22.9 Å². The Morgan fingerprint density at radius 1 is 1.40 bits per heavy atom. The van der Waals surface area contributed by atoms with Crippen LogP contribution in [0.25, 0.3) is 0 Å². The van der Waals surface area contributed by atoms with Crippen LogP contribution in [0.15, 0.2) is 12.1 Å². The van der Waals surface area contributed by atoms with Gasteiger partial charge in [0.15, 0.2) is 0 Å². The minimum Gasteiger partial charge on any atom is -0.316 e. The van der Waals surface area contributed by atoms with E-state index in [9.17, 15) is 0 Å². The zero-order chi connectivity index (χ0) is 11.1. The molecule has 1 nitrogen and oxygen atoms in total. The molecule has 0 amide bonds. The Labute approximate surface area is 102 Å². The van der Waals surface area contributed by atoms with Crippen LogP contribution in [0, 0.1) is 5.92 Å². The lowest BCUT2D eigenvalue weighted by Gasteiger charge is -2.14. The molecule has 1 atom stereocenters. The van der Waals surface area contributed by atoms with Gasteiger partial charge in [-0.3, -0.25) is 0 Å². The van der Waals surface area contributed by atoms with Crippen molar-refractivity contribution in [2.75, 3.05) is 13.1 Å². The van der Waals surface area contributed by atoms with Crippen LogP contribution in [-0.2, 0) is 6.42 Å². The van der Waals surface area contributed by atoms with E-state index in [1.165, 1.54) is 17.7 Å². The molecule has 0 radical (unpaired) electrons. The molecule has 0 fully saturated rings. The van der Waals surface area contributed by atoms with Crippen molar-refractivity contribution in [3.8, 4) is 0 Å². The second-order valence-electron chi connectivity index (χ2n) is 3.89. The highest BCUT2D eigenvalue weighted by Gasteiger charge is 2.08. The maximum atomic E-state index is 5.92. The highest BCUT2D eigenvalue weighted by atomic mass is 35.5. The number of rotatable bonds is 7. The number of thiophene rings is 1. The molecule has 0 aliphatic rings. The lowest BCUT2D eigenvalue weighted by atomic mass is 10.0. The Hall–Kier alpha value is -0.0500. The van der Waals surface area contributed by atoms with Gasteiger partial charge in [0.2, 0.25) is 0 Å². The van der Waals surface area contributed by atoms with Gasteiger partial charge >= 0.3 is 0 Å². The van der Waals surface area contributed by atoms with Crippen molar-refractivity contribution in [1.29, 1.82) is 0 Å². The van der Waals surface area contributed by atoms with Crippen LogP contribution in [0.3, 0.4) is 0 Å². The SMILES string of the molecule is CCCNCC(CC)Cc1ccc(Cl)s1. The van der Waals surface area contributed by atoms with Crippen molar-refractivity contribution in [3.05, 3.63) is 21.3 Å². The predicted molar refractivity (Wildman–Crippen MR) is 70.0 cm³/mol. The normalized spacial score (nSPS) is 13.0. The van der Waals surface area contributed by atoms with Gasteiger partial charge in [0.25, 0.3) is 0 Å². The van der Waals surface area contributed by atoms with Crippen LogP contribution in [-0.4, -0.2) is 13.1 Å². The van der Waals surface area contributed by atoms with Crippen molar-refractivity contribution in [2.24, 2.45) is 5.92 Å². The topological polar surface area (TPSA) is 12.0 Å². The highest BCUT2D eigenvalue weighted by Crippen LogP contribution is 2.24. The fraction of sp³-hybridized carbons (Fsp3) is 0.667. The monoisotopic (exact) mass is 245 g/mol. The van der Waals surface area contributed by atoms with Crippen LogP contribution < -0.4 is 5.32 Å². The standard InChI is InChI=1S/C12H20ClNS/c1-3-7-14-9-10(4-2)8-11-5-6-12(13)15-11/h5-6,10,14H,3-4,7-9H2,1-2H3. The molecule has 1 aromatic rings. The van der Waals surface area contributed by atoms with Crippen molar-refractivity contribution < 1.29 is 0 Å². The summed E-state index contributed by atoms with van der Waals surface area (Å²) in [5.41, 5.74) is 0. The zero-order valence-electron chi connectivity index (χ0n) is 9.55. The van der Waals surface area contributed by atoms with Crippen molar-refractivity contribution in [2.45, 2.75) is 33.1 Å². The summed E-state index contributed by atoms with van der Waals surface area (Å²) in [7, 11) is 0. The Morgan fingerprint density at radius 2 is 2.20 bits per heavy atom. The lowest BCUT2D eigenvalue weighted by Crippen LogP contribution is -2.24. The molecule has 0 saturated carbocycles. The lowest BCUT2D eigenvalue weighted by molar-refractivity contribution is 0.463. The third kappa shape index (κ3) is 5.01. The first-order valence-electron chi connectivity index (χ1n) is 5.71. The zero-order valence-corrected chi connectivity index (χ0v) is 11.1. The second-order valence-corrected chi connectivity index (χ2v) is 5.69. The Bertz CT molecular complexity index is 272. The summed E-state index contributed by atoms with van der Waals surface area (Å²) < 4.78 is 0.904. The van der Waals surface area contributed by atoms with E-state index in [2.05, 4.69) is 25.2 Å². The summed E-state index contributed by atoms with van der Waals surface area (Å²) in [5.74, 6) is 0.742. The van der Waals surface area contributed by atoms with Crippen molar-refractivity contribution in [1.82, 2.24) is 5.32 Å². The molecular weight excluding hydrogens is 226 g/mol.